The van der Waals surface area contributed by atoms with E-state index < -0.39 is 11.5 Å². The molecule has 0 aliphatic carbocycles. The number of imidazole rings is 1. The second-order valence-electron chi connectivity index (χ2n) is 5.89. The summed E-state index contributed by atoms with van der Waals surface area (Å²) in [5, 5.41) is 0. The van der Waals surface area contributed by atoms with Gasteiger partial charge in [-0.25, -0.2) is 14.2 Å². The molecule has 4 aromatic rings. The third-order valence-corrected chi connectivity index (χ3v) is 4.28. The van der Waals surface area contributed by atoms with Crippen LogP contribution in [0, 0.1) is 0 Å². The molecular formula is C20H17N3O3. The smallest absolute Gasteiger partial charge is 0.345 e. The molecule has 0 radical (unpaired) electrons. The van der Waals surface area contributed by atoms with E-state index in [0.29, 0.717) is 17.8 Å². The maximum absolute atomic E-state index is 12.9. The van der Waals surface area contributed by atoms with E-state index in [9.17, 15) is 9.59 Å². The van der Waals surface area contributed by atoms with Gasteiger partial charge < -0.3 is 9.30 Å². The lowest BCUT2D eigenvalue weighted by Gasteiger charge is -2.06. The van der Waals surface area contributed by atoms with E-state index in [-0.39, 0.29) is 12.2 Å². The van der Waals surface area contributed by atoms with E-state index in [0.717, 1.165) is 11.1 Å². The van der Waals surface area contributed by atoms with E-state index >= 15 is 0 Å². The molecule has 0 aliphatic heterocycles. The molecule has 0 atom stereocenters. The first-order chi connectivity index (χ1) is 12.7. The fraction of sp³-hybridized carbons (Fsp3) is 0.150. The summed E-state index contributed by atoms with van der Waals surface area (Å²) in [5.74, 6) is -0.160. The third kappa shape index (κ3) is 2.56. The highest BCUT2D eigenvalue weighted by Crippen LogP contribution is 2.20. The van der Waals surface area contributed by atoms with Gasteiger partial charge in [0.1, 0.15) is 5.56 Å². The van der Waals surface area contributed by atoms with Crippen LogP contribution in [-0.2, 0) is 11.3 Å². The molecule has 2 heterocycles. The quantitative estimate of drug-likeness (QED) is 0.533. The number of hydrogen-bond donors (Lipinski definition) is 0. The van der Waals surface area contributed by atoms with Crippen LogP contribution in [0.4, 0.5) is 0 Å². The van der Waals surface area contributed by atoms with E-state index in [1.807, 2.05) is 59.2 Å². The lowest BCUT2D eigenvalue weighted by Crippen LogP contribution is -2.24. The Kier molecular flexibility index (Phi) is 4.01. The van der Waals surface area contributed by atoms with Crippen LogP contribution in [0.25, 0.3) is 16.8 Å². The lowest BCUT2D eigenvalue weighted by molar-refractivity contribution is 0.0523. The van der Waals surface area contributed by atoms with Crippen LogP contribution in [0.1, 0.15) is 22.8 Å². The van der Waals surface area contributed by atoms with Crippen LogP contribution in [0.15, 0.2) is 65.6 Å². The minimum absolute atomic E-state index is 0.0630. The van der Waals surface area contributed by atoms with E-state index in [1.54, 1.807) is 6.92 Å². The molecule has 0 amide bonds. The van der Waals surface area contributed by atoms with Crippen LogP contribution in [0.2, 0.25) is 0 Å². The Hall–Kier alpha value is -3.41. The first-order valence-electron chi connectivity index (χ1n) is 8.40. The van der Waals surface area contributed by atoms with Crippen molar-refractivity contribution in [3.63, 3.8) is 0 Å². The van der Waals surface area contributed by atoms with Crippen molar-refractivity contribution >= 4 is 22.8 Å². The molecule has 2 aromatic carbocycles. The number of para-hydroxylation sites is 2. The topological polar surface area (TPSA) is 65.6 Å². The molecule has 0 fully saturated rings. The number of nitrogens with zero attached hydrogens (tertiary/aromatic N) is 3. The lowest BCUT2D eigenvalue weighted by atomic mass is 10.2. The Morgan fingerprint density at radius 3 is 2.46 bits per heavy atom. The number of carbonyl (C=O) groups excluding carboxylic acids is 1. The van der Waals surface area contributed by atoms with Crippen molar-refractivity contribution < 1.29 is 9.53 Å². The van der Waals surface area contributed by atoms with Gasteiger partial charge in [-0.15, -0.1) is 0 Å². The summed E-state index contributed by atoms with van der Waals surface area (Å²) in [6.07, 6.45) is 1.30. The van der Waals surface area contributed by atoms with E-state index in [2.05, 4.69) is 4.98 Å². The number of ether oxygens (including phenoxy) is 1. The number of rotatable bonds is 4. The SMILES string of the molecule is CCOC(=O)c1cnc2n(Cc3ccccc3)c3ccccc3n2c1=O. The van der Waals surface area contributed by atoms with E-state index in [1.165, 1.54) is 10.6 Å². The van der Waals surface area contributed by atoms with Crippen molar-refractivity contribution in [1.29, 1.82) is 0 Å². The van der Waals surface area contributed by atoms with Crippen molar-refractivity contribution in [2.75, 3.05) is 6.61 Å². The largest absolute Gasteiger partial charge is 0.462 e. The fourth-order valence-electron chi connectivity index (χ4n) is 3.11. The van der Waals surface area contributed by atoms with Gasteiger partial charge in [-0.1, -0.05) is 42.5 Å². The average Bonchev–Trinajstić information content (AvgIpc) is 2.98. The molecule has 130 valence electrons. The minimum Gasteiger partial charge on any atom is -0.462 e. The molecule has 0 saturated heterocycles. The molecular weight excluding hydrogens is 330 g/mol. The van der Waals surface area contributed by atoms with Gasteiger partial charge in [0.15, 0.2) is 0 Å². The first-order valence-corrected chi connectivity index (χ1v) is 8.40. The maximum atomic E-state index is 12.9. The Morgan fingerprint density at radius 1 is 1.04 bits per heavy atom. The Balaban J connectivity index is 1.99. The number of aromatic nitrogens is 3. The van der Waals surface area contributed by atoms with E-state index in [4.69, 9.17) is 4.74 Å². The summed E-state index contributed by atoms with van der Waals surface area (Å²) >= 11 is 0. The van der Waals surface area contributed by atoms with Crippen LogP contribution in [0.3, 0.4) is 0 Å². The van der Waals surface area contributed by atoms with Gasteiger partial charge in [0.2, 0.25) is 5.78 Å². The van der Waals surface area contributed by atoms with Gasteiger partial charge in [-0.3, -0.25) is 4.79 Å². The van der Waals surface area contributed by atoms with Crippen LogP contribution in [0.5, 0.6) is 0 Å². The molecule has 0 saturated carbocycles. The van der Waals surface area contributed by atoms with Gasteiger partial charge in [-0.2, -0.15) is 0 Å². The molecule has 0 N–H and O–H groups in total. The minimum atomic E-state index is -0.653. The zero-order valence-electron chi connectivity index (χ0n) is 14.3. The number of esters is 1. The summed E-state index contributed by atoms with van der Waals surface area (Å²) in [6, 6.07) is 17.5. The van der Waals surface area contributed by atoms with Crippen LogP contribution >= 0.6 is 0 Å². The van der Waals surface area contributed by atoms with Gasteiger partial charge in [0.05, 0.1) is 30.4 Å². The molecule has 6 nitrogen and oxygen atoms in total. The predicted octanol–water partition coefficient (Wildman–Crippen LogP) is 2.87. The maximum Gasteiger partial charge on any atom is 0.345 e. The highest BCUT2D eigenvalue weighted by molar-refractivity contribution is 5.90. The number of hydrogen-bond acceptors (Lipinski definition) is 4. The molecule has 0 spiro atoms. The van der Waals surface area contributed by atoms with Crippen molar-refractivity contribution in [2.24, 2.45) is 0 Å². The van der Waals surface area contributed by atoms with Crippen molar-refractivity contribution in [3.05, 3.63) is 82.3 Å². The zero-order valence-corrected chi connectivity index (χ0v) is 14.3. The fourth-order valence-corrected chi connectivity index (χ4v) is 3.11. The summed E-state index contributed by atoms with van der Waals surface area (Å²) in [5.41, 5.74) is 2.20. The summed E-state index contributed by atoms with van der Waals surface area (Å²) in [6.45, 7) is 2.48. The highest BCUT2D eigenvalue weighted by atomic mass is 16.5. The molecule has 0 bridgehead atoms. The Labute approximate surface area is 149 Å². The number of carbonyl (C=O) groups is 1. The van der Waals surface area contributed by atoms with Crippen LogP contribution in [-0.4, -0.2) is 26.5 Å². The summed E-state index contributed by atoms with van der Waals surface area (Å²) < 4.78 is 8.42. The molecule has 0 aliphatic rings. The van der Waals surface area contributed by atoms with Crippen molar-refractivity contribution in [2.45, 2.75) is 13.5 Å². The second-order valence-corrected chi connectivity index (χ2v) is 5.89. The van der Waals surface area contributed by atoms with Gasteiger partial charge in [0, 0.05) is 0 Å². The summed E-state index contributed by atoms with van der Waals surface area (Å²) in [4.78, 5) is 29.4. The second kappa shape index (κ2) is 6.48. The Morgan fingerprint density at radius 2 is 1.73 bits per heavy atom. The predicted molar refractivity (Wildman–Crippen MR) is 98.5 cm³/mol. The number of fused-ring (bicyclic) bond motifs is 3. The van der Waals surface area contributed by atoms with Gasteiger partial charge in [0.25, 0.3) is 5.56 Å². The molecule has 4 rings (SSSR count). The standard InChI is InChI=1S/C20H17N3O3/c1-2-26-19(25)15-12-21-20-22(13-14-8-4-3-5-9-14)16-10-6-7-11-17(16)23(20)18(15)24/h3-12H,2,13H2,1H3. The molecule has 2 aromatic heterocycles. The normalized spacial score (nSPS) is 11.1. The number of benzene rings is 2. The molecule has 0 unspecified atom stereocenters. The van der Waals surface area contributed by atoms with Crippen molar-refractivity contribution in [1.82, 2.24) is 14.0 Å². The average molecular weight is 347 g/mol. The highest BCUT2D eigenvalue weighted by Gasteiger charge is 2.19. The Bertz CT molecular complexity index is 1160. The third-order valence-electron chi connectivity index (χ3n) is 4.28. The van der Waals surface area contributed by atoms with Gasteiger partial charge >= 0.3 is 5.97 Å². The first kappa shape index (κ1) is 16.1. The van der Waals surface area contributed by atoms with Crippen molar-refractivity contribution in [3.8, 4) is 0 Å². The zero-order chi connectivity index (χ0) is 18.1. The molecule has 6 heteroatoms. The molecule has 26 heavy (non-hydrogen) atoms. The summed E-state index contributed by atoms with van der Waals surface area (Å²) in [7, 11) is 0. The van der Waals surface area contributed by atoms with Crippen LogP contribution < -0.4 is 5.56 Å². The van der Waals surface area contributed by atoms with Gasteiger partial charge in [-0.05, 0) is 24.6 Å². The monoisotopic (exact) mass is 347 g/mol.